The quantitative estimate of drug-likeness (QED) is 0.928. The third kappa shape index (κ3) is 3.04. The van der Waals surface area contributed by atoms with E-state index in [9.17, 15) is 4.79 Å². The van der Waals surface area contributed by atoms with Gasteiger partial charge in [-0.2, -0.15) is 0 Å². The zero-order valence-corrected chi connectivity index (χ0v) is 13.0. The molecule has 5 nitrogen and oxygen atoms in total. The van der Waals surface area contributed by atoms with Crippen molar-refractivity contribution in [3.8, 4) is 5.75 Å². The molecule has 3 unspecified atom stereocenters. The van der Waals surface area contributed by atoms with Gasteiger partial charge in [0, 0.05) is 31.5 Å². The van der Waals surface area contributed by atoms with Crippen LogP contribution in [0.25, 0.3) is 0 Å². The first-order chi connectivity index (χ1) is 10.7. The number of fused-ring (bicyclic) bond motifs is 3. The first-order valence-electron chi connectivity index (χ1n) is 8.10. The topological polar surface area (TPSA) is 64.8 Å². The summed E-state index contributed by atoms with van der Waals surface area (Å²) < 4.78 is 11.3. The van der Waals surface area contributed by atoms with Gasteiger partial charge in [-0.05, 0) is 37.5 Å². The molecule has 1 saturated carbocycles. The number of benzene rings is 1. The number of ether oxygens (including phenoxy) is 2. The van der Waals surface area contributed by atoms with Crippen LogP contribution < -0.4 is 10.5 Å². The SMILES string of the molecule is CCOC(=O)N1CC2CCC1CC2Oc1ccc(CN)cc1. The van der Waals surface area contributed by atoms with Crippen molar-refractivity contribution in [3.63, 3.8) is 0 Å². The average Bonchev–Trinajstić information content (AvgIpc) is 2.56. The maximum Gasteiger partial charge on any atom is 0.410 e. The Kier molecular flexibility index (Phi) is 4.52. The van der Waals surface area contributed by atoms with Gasteiger partial charge in [0.25, 0.3) is 0 Å². The lowest BCUT2D eigenvalue weighted by Crippen LogP contribution is -2.57. The van der Waals surface area contributed by atoms with E-state index in [2.05, 4.69) is 0 Å². The molecule has 2 heterocycles. The summed E-state index contributed by atoms with van der Waals surface area (Å²) in [5.74, 6) is 1.28. The number of hydrogen-bond acceptors (Lipinski definition) is 4. The van der Waals surface area contributed by atoms with E-state index < -0.39 is 0 Å². The van der Waals surface area contributed by atoms with Crippen molar-refractivity contribution in [2.75, 3.05) is 13.2 Å². The minimum Gasteiger partial charge on any atom is -0.490 e. The molecule has 1 aromatic rings. The van der Waals surface area contributed by atoms with Crippen LogP contribution in [-0.2, 0) is 11.3 Å². The van der Waals surface area contributed by atoms with Crippen LogP contribution in [0.15, 0.2) is 24.3 Å². The number of carbonyl (C=O) groups excluding carboxylic acids is 1. The van der Waals surface area contributed by atoms with E-state index in [4.69, 9.17) is 15.2 Å². The van der Waals surface area contributed by atoms with E-state index >= 15 is 0 Å². The molecule has 3 atom stereocenters. The maximum atomic E-state index is 12.0. The van der Waals surface area contributed by atoms with Crippen molar-refractivity contribution in [2.24, 2.45) is 11.7 Å². The first kappa shape index (κ1) is 15.2. The number of nitrogens with two attached hydrogens (primary N) is 1. The van der Waals surface area contributed by atoms with Crippen molar-refractivity contribution in [3.05, 3.63) is 29.8 Å². The summed E-state index contributed by atoms with van der Waals surface area (Å²) in [6, 6.07) is 8.21. The molecule has 0 radical (unpaired) electrons. The monoisotopic (exact) mass is 304 g/mol. The fourth-order valence-electron chi connectivity index (χ4n) is 3.52. The molecule has 2 saturated heterocycles. The lowest BCUT2D eigenvalue weighted by atomic mass is 9.78. The third-order valence-electron chi connectivity index (χ3n) is 4.72. The Bertz CT molecular complexity index is 517. The van der Waals surface area contributed by atoms with Gasteiger partial charge in [0.1, 0.15) is 11.9 Å². The fourth-order valence-corrected chi connectivity index (χ4v) is 3.52. The molecule has 120 valence electrons. The van der Waals surface area contributed by atoms with Crippen LogP contribution in [0.3, 0.4) is 0 Å². The van der Waals surface area contributed by atoms with E-state index in [-0.39, 0.29) is 18.2 Å². The smallest absolute Gasteiger partial charge is 0.410 e. The number of nitrogens with zero attached hydrogens (tertiary/aromatic N) is 1. The van der Waals surface area contributed by atoms with Gasteiger partial charge in [-0.3, -0.25) is 0 Å². The number of amides is 1. The van der Waals surface area contributed by atoms with E-state index in [1.807, 2.05) is 36.1 Å². The minimum absolute atomic E-state index is 0.178. The molecule has 1 amide bonds. The molecule has 3 aliphatic rings. The van der Waals surface area contributed by atoms with Crippen molar-refractivity contribution in [2.45, 2.75) is 44.9 Å². The molecule has 4 rings (SSSR count). The fraction of sp³-hybridized carbons (Fsp3) is 0.588. The van der Waals surface area contributed by atoms with Gasteiger partial charge in [-0.1, -0.05) is 12.1 Å². The predicted molar refractivity (Wildman–Crippen MR) is 83.6 cm³/mol. The Morgan fingerprint density at radius 1 is 1.32 bits per heavy atom. The number of rotatable bonds is 4. The molecule has 0 aromatic heterocycles. The number of carbonyl (C=O) groups is 1. The summed E-state index contributed by atoms with van der Waals surface area (Å²) in [6.45, 7) is 3.56. The van der Waals surface area contributed by atoms with Crippen LogP contribution in [0, 0.1) is 5.92 Å². The zero-order chi connectivity index (χ0) is 15.5. The summed E-state index contributed by atoms with van der Waals surface area (Å²) in [6.07, 6.45) is 3.07. The second-order valence-electron chi connectivity index (χ2n) is 6.08. The lowest BCUT2D eigenvalue weighted by molar-refractivity contribution is -0.0329. The number of piperidine rings is 2. The Balaban J connectivity index is 1.62. The summed E-state index contributed by atoms with van der Waals surface area (Å²) in [7, 11) is 0. The normalized spacial score (nSPS) is 26.8. The highest BCUT2D eigenvalue weighted by molar-refractivity contribution is 5.68. The molecule has 3 fully saturated rings. The van der Waals surface area contributed by atoms with Gasteiger partial charge in [-0.25, -0.2) is 4.79 Å². The standard InChI is InChI=1S/C17H24N2O3/c1-2-21-17(20)19-11-13-5-6-14(19)9-16(13)22-15-7-3-12(10-18)4-8-15/h3-4,7-8,13-14,16H,2,5-6,9-11,18H2,1H3. The van der Waals surface area contributed by atoms with Crippen LogP contribution in [0.1, 0.15) is 31.7 Å². The van der Waals surface area contributed by atoms with Crippen LogP contribution in [0.5, 0.6) is 5.75 Å². The van der Waals surface area contributed by atoms with Gasteiger partial charge in [0.2, 0.25) is 0 Å². The van der Waals surface area contributed by atoms with Crippen LogP contribution in [0.4, 0.5) is 4.79 Å². The van der Waals surface area contributed by atoms with Crippen LogP contribution in [0.2, 0.25) is 0 Å². The van der Waals surface area contributed by atoms with Gasteiger partial charge in [0.15, 0.2) is 0 Å². The van der Waals surface area contributed by atoms with Crippen LogP contribution in [-0.4, -0.2) is 36.3 Å². The number of hydrogen-bond donors (Lipinski definition) is 1. The molecule has 1 aliphatic carbocycles. The molecule has 1 aromatic carbocycles. The largest absolute Gasteiger partial charge is 0.490 e. The zero-order valence-electron chi connectivity index (χ0n) is 13.0. The van der Waals surface area contributed by atoms with Crippen molar-refractivity contribution < 1.29 is 14.3 Å². The highest BCUT2D eigenvalue weighted by atomic mass is 16.6. The molecular weight excluding hydrogens is 280 g/mol. The Hall–Kier alpha value is -1.75. The Morgan fingerprint density at radius 2 is 2.09 bits per heavy atom. The van der Waals surface area contributed by atoms with E-state index in [0.29, 0.717) is 19.1 Å². The van der Waals surface area contributed by atoms with E-state index in [1.165, 1.54) is 0 Å². The second kappa shape index (κ2) is 6.57. The highest BCUT2D eigenvalue weighted by Gasteiger charge is 2.44. The highest BCUT2D eigenvalue weighted by Crippen LogP contribution is 2.37. The minimum atomic E-state index is -0.178. The summed E-state index contributed by atoms with van der Waals surface area (Å²) in [5.41, 5.74) is 6.71. The average molecular weight is 304 g/mol. The summed E-state index contributed by atoms with van der Waals surface area (Å²) in [5, 5.41) is 0. The second-order valence-corrected chi connectivity index (χ2v) is 6.08. The van der Waals surface area contributed by atoms with Gasteiger partial charge in [0.05, 0.1) is 6.61 Å². The van der Waals surface area contributed by atoms with Gasteiger partial charge >= 0.3 is 6.09 Å². The Labute approximate surface area is 131 Å². The first-order valence-corrected chi connectivity index (χ1v) is 8.10. The molecule has 22 heavy (non-hydrogen) atoms. The van der Waals surface area contributed by atoms with Crippen molar-refractivity contribution in [1.82, 2.24) is 4.90 Å². The molecule has 2 bridgehead atoms. The maximum absolute atomic E-state index is 12.0. The molecular formula is C17H24N2O3. The molecule has 2 aliphatic heterocycles. The lowest BCUT2D eigenvalue weighted by Gasteiger charge is -2.48. The predicted octanol–water partition coefficient (Wildman–Crippen LogP) is 2.53. The molecule has 0 spiro atoms. The summed E-state index contributed by atoms with van der Waals surface area (Å²) >= 11 is 0. The van der Waals surface area contributed by atoms with Crippen LogP contribution >= 0.6 is 0 Å². The summed E-state index contributed by atoms with van der Waals surface area (Å²) in [4.78, 5) is 13.9. The van der Waals surface area contributed by atoms with Crippen molar-refractivity contribution >= 4 is 6.09 Å². The third-order valence-corrected chi connectivity index (χ3v) is 4.72. The van der Waals surface area contributed by atoms with Gasteiger partial charge < -0.3 is 20.1 Å². The molecule has 5 heteroatoms. The van der Waals surface area contributed by atoms with E-state index in [1.54, 1.807) is 0 Å². The Morgan fingerprint density at radius 3 is 2.68 bits per heavy atom. The van der Waals surface area contributed by atoms with E-state index in [0.717, 1.165) is 37.1 Å². The van der Waals surface area contributed by atoms with Gasteiger partial charge in [-0.15, -0.1) is 0 Å². The molecule has 2 N–H and O–H groups in total. The van der Waals surface area contributed by atoms with Crippen molar-refractivity contribution in [1.29, 1.82) is 0 Å².